The van der Waals surface area contributed by atoms with E-state index in [1.807, 2.05) is 12.1 Å². The van der Waals surface area contributed by atoms with Crippen molar-refractivity contribution in [2.24, 2.45) is 17.6 Å². The summed E-state index contributed by atoms with van der Waals surface area (Å²) in [5, 5.41) is 3.16. The molecule has 1 aromatic heterocycles. The van der Waals surface area contributed by atoms with Crippen molar-refractivity contribution in [2.45, 2.75) is 39.2 Å². The van der Waals surface area contributed by atoms with E-state index in [1.165, 1.54) is 17.8 Å². The number of hydrogen-bond acceptors (Lipinski definition) is 3. The topological polar surface area (TPSA) is 55.1 Å². The van der Waals surface area contributed by atoms with E-state index in [2.05, 4.69) is 31.0 Å². The van der Waals surface area contributed by atoms with Crippen molar-refractivity contribution >= 4 is 17.2 Å². The van der Waals surface area contributed by atoms with E-state index in [0.29, 0.717) is 24.4 Å². The van der Waals surface area contributed by atoms with Gasteiger partial charge in [0.15, 0.2) is 0 Å². The summed E-state index contributed by atoms with van der Waals surface area (Å²) in [7, 11) is 0. The Morgan fingerprint density at radius 2 is 2.05 bits per heavy atom. The molecule has 4 heteroatoms. The highest BCUT2D eigenvalue weighted by molar-refractivity contribution is 7.14. The molecule has 0 aliphatic heterocycles. The molecular formula is C16H22N2OS. The van der Waals surface area contributed by atoms with Crippen molar-refractivity contribution in [3.8, 4) is 11.8 Å². The average Bonchev–Trinajstić information content (AvgIpc) is 2.83. The summed E-state index contributed by atoms with van der Waals surface area (Å²) in [5.74, 6) is 7.18. The Morgan fingerprint density at radius 1 is 1.35 bits per heavy atom. The molecule has 1 saturated carbocycles. The third kappa shape index (κ3) is 4.09. The molecule has 2 unspecified atom stereocenters. The molecule has 0 radical (unpaired) electrons. The smallest absolute Gasteiger partial charge is 0.261 e. The molecule has 1 aliphatic carbocycles. The molecule has 1 heterocycles. The van der Waals surface area contributed by atoms with Gasteiger partial charge in [-0.3, -0.25) is 4.79 Å². The SMILES string of the molecule is CC1CC(C)CC(NC(=O)c2ccc(C#CCN)s2)C1. The number of carbonyl (C=O) groups excluding carboxylic acids is 1. The van der Waals surface area contributed by atoms with Crippen molar-refractivity contribution in [1.29, 1.82) is 0 Å². The highest BCUT2D eigenvalue weighted by Gasteiger charge is 2.25. The highest BCUT2D eigenvalue weighted by atomic mass is 32.1. The van der Waals surface area contributed by atoms with Crippen LogP contribution in [0.25, 0.3) is 0 Å². The van der Waals surface area contributed by atoms with Gasteiger partial charge in [0.2, 0.25) is 0 Å². The highest BCUT2D eigenvalue weighted by Crippen LogP contribution is 2.28. The van der Waals surface area contributed by atoms with Crippen LogP contribution in [0.2, 0.25) is 0 Å². The van der Waals surface area contributed by atoms with Crippen LogP contribution in [0.3, 0.4) is 0 Å². The van der Waals surface area contributed by atoms with Gasteiger partial charge in [0.25, 0.3) is 5.91 Å². The summed E-state index contributed by atoms with van der Waals surface area (Å²) >= 11 is 1.43. The van der Waals surface area contributed by atoms with Crippen LogP contribution in [-0.2, 0) is 0 Å². The monoisotopic (exact) mass is 290 g/mol. The predicted octanol–water partition coefficient (Wildman–Crippen LogP) is 2.61. The maximum absolute atomic E-state index is 12.2. The third-order valence-electron chi connectivity index (χ3n) is 3.66. The van der Waals surface area contributed by atoms with Gasteiger partial charge in [0, 0.05) is 6.04 Å². The van der Waals surface area contributed by atoms with Crippen molar-refractivity contribution in [2.75, 3.05) is 6.54 Å². The summed E-state index contributed by atoms with van der Waals surface area (Å²) < 4.78 is 0. The zero-order chi connectivity index (χ0) is 14.5. The number of nitrogens with one attached hydrogen (secondary N) is 1. The maximum Gasteiger partial charge on any atom is 0.261 e. The van der Waals surface area contributed by atoms with E-state index < -0.39 is 0 Å². The molecule has 0 spiro atoms. The maximum atomic E-state index is 12.2. The lowest BCUT2D eigenvalue weighted by Gasteiger charge is -2.31. The normalized spacial score (nSPS) is 25.6. The van der Waals surface area contributed by atoms with Gasteiger partial charge in [-0.2, -0.15) is 0 Å². The van der Waals surface area contributed by atoms with Gasteiger partial charge in [-0.1, -0.05) is 25.7 Å². The van der Waals surface area contributed by atoms with E-state index in [4.69, 9.17) is 5.73 Å². The molecule has 0 bridgehead atoms. The minimum absolute atomic E-state index is 0.0297. The zero-order valence-corrected chi connectivity index (χ0v) is 12.9. The minimum atomic E-state index is 0.0297. The summed E-state index contributed by atoms with van der Waals surface area (Å²) in [6.45, 7) is 4.87. The van der Waals surface area contributed by atoms with Crippen molar-refractivity contribution in [3.05, 3.63) is 21.9 Å². The molecule has 1 amide bonds. The molecule has 1 fully saturated rings. The summed E-state index contributed by atoms with van der Waals surface area (Å²) in [4.78, 5) is 13.9. The second-order valence-corrected chi connectivity index (χ2v) is 6.84. The molecule has 2 rings (SSSR count). The van der Waals surface area contributed by atoms with Crippen LogP contribution < -0.4 is 11.1 Å². The predicted molar refractivity (Wildman–Crippen MR) is 83.7 cm³/mol. The van der Waals surface area contributed by atoms with Crippen molar-refractivity contribution < 1.29 is 4.79 Å². The fraction of sp³-hybridized carbons (Fsp3) is 0.562. The summed E-state index contributed by atoms with van der Waals surface area (Å²) in [6.07, 6.45) is 3.44. The number of carbonyl (C=O) groups is 1. The van der Waals surface area contributed by atoms with Crippen molar-refractivity contribution in [3.63, 3.8) is 0 Å². The first-order valence-electron chi connectivity index (χ1n) is 7.18. The van der Waals surface area contributed by atoms with Gasteiger partial charge in [-0.05, 0) is 43.2 Å². The molecule has 1 aromatic rings. The summed E-state index contributed by atoms with van der Waals surface area (Å²) in [6, 6.07) is 4.03. The second-order valence-electron chi connectivity index (χ2n) is 5.76. The van der Waals surface area contributed by atoms with E-state index in [9.17, 15) is 4.79 Å². The van der Waals surface area contributed by atoms with Gasteiger partial charge in [0.1, 0.15) is 0 Å². The van der Waals surface area contributed by atoms with E-state index >= 15 is 0 Å². The molecule has 108 valence electrons. The number of amides is 1. The Hall–Kier alpha value is -1.31. The van der Waals surface area contributed by atoms with Crippen LogP contribution in [0.5, 0.6) is 0 Å². The Labute approximate surface area is 124 Å². The number of rotatable bonds is 2. The molecule has 20 heavy (non-hydrogen) atoms. The zero-order valence-electron chi connectivity index (χ0n) is 12.1. The molecule has 0 aromatic carbocycles. The van der Waals surface area contributed by atoms with Crippen LogP contribution >= 0.6 is 11.3 Å². The molecule has 0 saturated heterocycles. The van der Waals surface area contributed by atoms with Gasteiger partial charge >= 0.3 is 0 Å². The lowest BCUT2D eigenvalue weighted by atomic mass is 9.80. The van der Waals surface area contributed by atoms with Crippen LogP contribution in [-0.4, -0.2) is 18.5 Å². The standard InChI is InChI=1S/C16H22N2OS/c1-11-8-12(2)10-13(9-11)18-16(19)15-6-5-14(20-15)4-3-7-17/h5-6,11-13H,7-10,17H2,1-2H3,(H,18,19). The Morgan fingerprint density at radius 3 is 2.70 bits per heavy atom. The van der Waals surface area contributed by atoms with Crippen molar-refractivity contribution in [1.82, 2.24) is 5.32 Å². The number of thiophene rings is 1. The first kappa shape index (κ1) is 15.1. The lowest BCUT2D eigenvalue weighted by molar-refractivity contribution is 0.0915. The van der Waals surface area contributed by atoms with Crippen LogP contribution in [0.4, 0.5) is 0 Å². The van der Waals surface area contributed by atoms with E-state index in [0.717, 1.165) is 22.6 Å². The second kappa shape index (κ2) is 6.92. The molecule has 3 N–H and O–H groups in total. The van der Waals surface area contributed by atoms with Gasteiger partial charge < -0.3 is 11.1 Å². The average molecular weight is 290 g/mol. The number of hydrogen-bond donors (Lipinski definition) is 2. The first-order valence-corrected chi connectivity index (χ1v) is 7.99. The van der Waals surface area contributed by atoms with E-state index in [1.54, 1.807) is 0 Å². The Balaban J connectivity index is 1.96. The van der Waals surface area contributed by atoms with Gasteiger partial charge in [-0.15, -0.1) is 11.3 Å². The first-order chi connectivity index (χ1) is 9.58. The summed E-state index contributed by atoms with van der Waals surface area (Å²) in [5.41, 5.74) is 5.34. The molecule has 1 aliphatic rings. The quantitative estimate of drug-likeness (QED) is 0.823. The molecule has 2 atom stereocenters. The van der Waals surface area contributed by atoms with Crippen LogP contribution in [0.1, 0.15) is 47.7 Å². The Kier molecular flexibility index (Phi) is 5.22. The fourth-order valence-electron chi connectivity index (χ4n) is 2.99. The molecule has 3 nitrogen and oxygen atoms in total. The number of nitrogens with two attached hydrogens (primary N) is 1. The Bertz CT molecular complexity index is 516. The van der Waals surface area contributed by atoms with Gasteiger partial charge in [0.05, 0.1) is 16.3 Å². The van der Waals surface area contributed by atoms with Crippen LogP contribution in [0.15, 0.2) is 12.1 Å². The fourth-order valence-corrected chi connectivity index (χ4v) is 3.77. The van der Waals surface area contributed by atoms with Gasteiger partial charge in [-0.25, -0.2) is 0 Å². The molecular weight excluding hydrogens is 268 g/mol. The minimum Gasteiger partial charge on any atom is -0.349 e. The van der Waals surface area contributed by atoms with Crippen LogP contribution in [0, 0.1) is 23.7 Å². The lowest BCUT2D eigenvalue weighted by Crippen LogP contribution is -2.39. The third-order valence-corrected chi connectivity index (χ3v) is 4.66. The largest absolute Gasteiger partial charge is 0.349 e. The van der Waals surface area contributed by atoms with E-state index in [-0.39, 0.29) is 5.91 Å².